The number of anilines is 4. The monoisotopic (exact) mass is 502 g/mol. The van der Waals surface area contributed by atoms with Gasteiger partial charge in [0.25, 0.3) is 0 Å². The summed E-state index contributed by atoms with van der Waals surface area (Å²) in [5.41, 5.74) is 3.29. The van der Waals surface area contributed by atoms with E-state index in [1.54, 1.807) is 11.8 Å². The summed E-state index contributed by atoms with van der Waals surface area (Å²) in [5.74, 6) is 3.11. The van der Waals surface area contributed by atoms with Crippen molar-refractivity contribution in [3.8, 4) is 0 Å². The number of nitrogens with zero attached hydrogens (tertiary/aromatic N) is 3. The fourth-order valence-corrected chi connectivity index (χ4v) is 5.52. The first-order valence-corrected chi connectivity index (χ1v) is 14.0. The second-order valence-electron chi connectivity index (χ2n) is 10.1. The van der Waals surface area contributed by atoms with Crippen LogP contribution in [0.25, 0.3) is 0 Å². The lowest BCUT2D eigenvalue weighted by Gasteiger charge is -2.35. The summed E-state index contributed by atoms with van der Waals surface area (Å²) in [4.78, 5) is 26.5. The maximum absolute atomic E-state index is 12.1. The van der Waals surface area contributed by atoms with E-state index in [-0.39, 0.29) is 11.8 Å². The van der Waals surface area contributed by atoms with Crippen LogP contribution in [-0.2, 0) is 4.79 Å². The largest absolute Gasteiger partial charge is 0.354 e. The normalized spacial score (nSPS) is 18.3. The molecule has 36 heavy (non-hydrogen) atoms. The van der Waals surface area contributed by atoms with Crippen LogP contribution in [-0.4, -0.2) is 53.5 Å². The predicted molar refractivity (Wildman–Crippen MR) is 147 cm³/mol. The molecule has 0 unspecified atom stereocenters. The fraction of sp³-hybridized carbons (Fsp3) is 0.429. The van der Waals surface area contributed by atoms with Gasteiger partial charge in [0.1, 0.15) is 16.7 Å². The van der Waals surface area contributed by atoms with E-state index in [4.69, 9.17) is 4.98 Å². The predicted octanol–water partition coefficient (Wildman–Crippen LogP) is 5.67. The average molecular weight is 503 g/mol. The van der Waals surface area contributed by atoms with Gasteiger partial charge in [-0.1, -0.05) is 18.7 Å². The topological polar surface area (TPSA) is 76.3 Å². The summed E-state index contributed by atoms with van der Waals surface area (Å²) in [7, 11) is 0. The number of H-pyrrole nitrogens is 1. The van der Waals surface area contributed by atoms with Gasteiger partial charge in [0, 0.05) is 60.6 Å². The summed E-state index contributed by atoms with van der Waals surface area (Å²) >= 11 is 1.65. The van der Waals surface area contributed by atoms with Gasteiger partial charge in [-0.2, -0.15) is 0 Å². The lowest BCUT2D eigenvalue weighted by Crippen LogP contribution is -2.46. The maximum atomic E-state index is 12.1. The van der Waals surface area contributed by atoms with Crippen molar-refractivity contribution in [1.29, 1.82) is 0 Å². The highest BCUT2D eigenvalue weighted by Gasteiger charge is 2.29. The molecule has 3 aliphatic rings. The van der Waals surface area contributed by atoms with Crippen LogP contribution >= 0.6 is 11.8 Å². The molecule has 1 aliphatic heterocycles. The minimum absolute atomic E-state index is 0.137. The van der Waals surface area contributed by atoms with Gasteiger partial charge in [0.2, 0.25) is 5.91 Å². The first-order chi connectivity index (χ1) is 17.6. The van der Waals surface area contributed by atoms with E-state index in [0.29, 0.717) is 0 Å². The second-order valence-corrected chi connectivity index (χ2v) is 11.2. The number of pyridine rings is 1. The third kappa shape index (κ3) is 5.71. The fourth-order valence-electron chi connectivity index (χ4n) is 4.68. The van der Waals surface area contributed by atoms with E-state index in [9.17, 15) is 4.79 Å². The highest BCUT2D eigenvalue weighted by molar-refractivity contribution is 7.99. The third-order valence-electron chi connectivity index (χ3n) is 7.26. The number of aromatic nitrogens is 2. The Morgan fingerprint density at radius 1 is 1.03 bits per heavy atom. The van der Waals surface area contributed by atoms with Crippen LogP contribution in [0.5, 0.6) is 0 Å². The highest BCUT2D eigenvalue weighted by Crippen LogP contribution is 2.41. The van der Waals surface area contributed by atoms with Gasteiger partial charge in [0.05, 0.1) is 0 Å². The van der Waals surface area contributed by atoms with Gasteiger partial charge < -0.3 is 25.4 Å². The Morgan fingerprint density at radius 2 is 1.81 bits per heavy atom. The molecule has 3 N–H and O–H groups in total. The minimum atomic E-state index is 0.137. The van der Waals surface area contributed by atoms with E-state index in [2.05, 4.69) is 68.9 Å². The Hall–Kier alpha value is -2.97. The SMILES string of the molecule is CCN1CCN(c2cc(Nc3cc(C4CC4)c[nH]3)cc(Sc3ccc(NC(=O)C4CC4)cc3)n2)CC1. The molecule has 2 aliphatic carbocycles. The lowest BCUT2D eigenvalue weighted by atomic mass is 10.2. The van der Waals surface area contributed by atoms with Crippen molar-refractivity contribution >= 4 is 40.7 Å². The molecule has 0 bridgehead atoms. The van der Waals surface area contributed by atoms with Crippen molar-refractivity contribution in [3.63, 3.8) is 0 Å². The van der Waals surface area contributed by atoms with E-state index >= 15 is 0 Å². The van der Waals surface area contributed by atoms with Crippen LogP contribution < -0.4 is 15.5 Å². The van der Waals surface area contributed by atoms with Crippen LogP contribution in [0.4, 0.5) is 23.0 Å². The Bertz CT molecular complexity index is 1210. The number of aromatic amines is 1. The number of amides is 1. The van der Waals surface area contributed by atoms with Crippen molar-refractivity contribution in [3.05, 3.63) is 54.2 Å². The number of benzene rings is 1. The van der Waals surface area contributed by atoms with Crippen molar-refractivity contribution in [2.24, 2.45) is 5.92 Å². The number of rotatable bonds is 9. The van der Waals surface area contributed by atoms with E-state index in [0.717, 1.165) is 84.4 Å². The zero-order valence-electron chi connectivity index (χ0n) is 20.8. The van der Waals surface area contributed by atoms with Gasteiger partial charge in [-0.3, -0.25) is 4.79 Å². The molecule has 0 atom stereocenters. The van der Waals surface area contributed by atoms with Gasteiger partial charge in [-0.15, -0.1) is 0 Å². The van der Waals surface area contributed by atoms with Crippen molar-refractivity contribution < 1.29 is 4.79 Å². The molecule has 1 aromatic carbocycles. The maximum Gasteiger partial charge on any atom is 0.227 e. The Balaban J connectivity index is 1.20. The Labute approximate surface area is 217 Å². The number of hydrogen-bond donors (Lipinski definition) is 3. The molecule has 188 valence electrons. The third-order valence-corrected chi connectivity index (χ3v) is 8.18. The molecular weight excluding hydrogens is 468 g/mol. The molecule has 3 fully saturated rings. The lowest BCUT2D eigenvalue weighted by molar-refractivity contribution is -0.117. The number of piperazine rings is 1. The van der Waals surface area contributed by atoms with Gasteiger partial charge in [0.15, 0.2) is 0 Å². The number of hydrogen-bond acceptors (Lipinski definition) is 6. The summed E-state index contributed by atoms with van der Waals surface area (Å²) < 4.78 is 0. The van der Waals surface area contributed by atoms with E-state index in [1.165, 1.54) is 18.4 Å². The molecule has 2 saturated carbocycles. The molecule has 0 spiro atoms. The number of likely N-dealkylation sites (N-methyl/N-ethyl adjacent to an activating group) is 1. The van der Waals surface area contributed by atoms with Crippen LogP contribution in [0, 0.1) is 5.92 Å². The zero-order chi connectivity index (χ0) is 24.5. The first-order valence-electron chi connectivity index (χ1n) is 13.2. The van der Waals surface area contributed by atoms with Crippen molar-refractivity contribution in [2.75, 3.05) is 48.3 Å². The number of carbonyl (C=O) groups is 1. The molecule has 3 heterocycles. The summed E-state index contributed by atoms with van der Waals surface area (Å²) in [5, 5.41) is 7.56. The summed E-state index contributed by atoms with van der Waals surface area (Å²) in [6, 6.07) is 14.6. The first kappa shape index (κ1) is 23.4. The van der Waals surface area contributed by atoms with Crippen LogP contribution in [0.3, 0.4) is 0 Å². The smallest absolute Gasteiger partial charge is 0.227 e. The second kappa shape index (κ2) is 10.2. The molecule has 3 aromatic rings. The molecule has 1 amide bonds. The molecular formula is C28H34N6OS. The van der Waals surface area contributed by atoms with Crippen molar-refractivity contribution in [2.45, 2.75) is 48.4 Å². The molecule has 1 saturated heterocycles. The van der Waals surface area contributed by atoms with Crippen molar-refractivity contribution in [1.82, 2.24) is 14.9 Å². The van der Waals surface area contributed by atoms with Crippen LogP contribution in [0.1, 0.15) is 44.1 Å². The molecule has 6 rings (SSSR count). The minimum Gasteiger partial charge on any atom is -0.354 e. The molecule has 2 aromatic heterocycles. The van der Waals surface area contributed by atoms with Crippen LogP contribution in [0.15, 0.2) is 58.6 Å². The molecule has 0 radical (unpaired) electrons. The average Bonchev–Trinajstić information content (AvgIpc) is 3.83. The van der Waals surface area contributed by atoms with E-state index < -0.39 is 0 Å². The number of carbonyl (C=O) groups excluding carboxylic acids is 1. The van der Waals surface area contributed by atoms with Gasteiger partial charge in [-0.05, 0) is 80.1 Å². The van der Waals surface area contributed by atoms with Gasteiger partial charge >= 0.3 is 0 Å². The molecule has 7 nitrogen and oxygen atoms in total. The summed E-state index contributed by atoms with van der Waals surface area (Å²) in [6.07, 6.45) is 6.74. The van der Waals surface area contributed by atoms with Crippen LogP contribution in [0.2, 0.25) is 0 Å². The van der Waals surface area contributed by atoms with Gasteiger partial charge in [-0.25, -0.2) is 4.98 Å². The molecule has 8 heteroatoms. The Kier molecular flexibility index (Phi) is 6.63. The quantitative estimate of drug-likeness (QED) is 0.350. The Morgan fingerprint density at radius 3 is 2.50 bits per heavy atom. The highest BCUT2D eigenvalue weighted by atomic mass is 32.2. The standard InChI is InChI=1S/C28H34N6OS/c1-2-33-11-13-34(14-12-33)26-16-23(30-25-15-21(18-29-25)19-3-4-19)17-27(32-26)36-24-9-7-22(8-10-24)31-28(35)20-5-6-20/h7-10,15-20,29H,2-6,11-14H2,1H3,(H,30,32)(H,31,35). The summed E-state index contributed by atoms with van der Waals surface area (Å²) in [6.45, 7) is 7.41. The number of nitrogens with one attached hydrogen (secondary N) is 3. The zero-order valence-corrected chi connectivity index (χ0v) is 21.6. The van der Waals surface area contributed by atoms with E-state index in [1.807, 2.05) is 12.1 Å².